The molecule has 1 amide bonds. The fourth-order valence-electron chi connectivity index (χ4n) is 3.70. The van der Waals surface area contributed by atoms with Crippen LogP contribution in [0.3, 0.4) is 0 Å². The minimum atomic E-state index is -0.451. The number of aryl methyl sites for hydroxylation is 2. The molecule has 0 fully saturated rings. The minimum Gasteiger partial charge on any atom is -0.461 e. The third kappa shape index (κ3) is 6.12. The predicted molar refractivity (Wildman–Crippen MR) is 119 cm³/mol. The van der Waals surface area contributed by atoms with Gasteiger partial charge in [-0.2, -0.15) is 5.10 Å². The highest BCUT2D eigenvalue weighted by molar-refractivity contribution is 5.94. The van der Waals surface area contributed by atoms with Gasteiger partial charge in [-0.15, -0.1) is 0 Å². The molecule has 0 radical (unpaired) electrons. The first-order valence-corrected chi connectivity index (χ1v) is 11.2. The maximum absolute atomic E-state index is 12.9. The van der Waals surface area contributed by atoms with Crippen LogP contribution in [0.25, 0.3) is 0 Å². The highest BCUT2D eigenvalue weighted by Crippen LogP contribution is 2.27. The number of nitrogens with one attached hydrogen (secondary N) is 1. The van der Waals surface area contributed by atoms with Crippen molar-refractivity contribution < 1.29 is 19.1 Å². The molecular formula is C23H33N5O4. The monoisotopic (exact) mass is 443 g/mol. The van der Waals surface area contributed by atoms with Gasteiger partial charge in [-0.1, -0.05) is 13.8 Å². The Kier molecular flexibility index (Phi) is 7.95. The Labute approximate surface area is 188 Å². The highest BCUT2D eigenvalue weighted by Gasteiger charge is 2.29. The molecule has 9 heteroatoms. The Balaban J connectivity index is 1.76. The molecule has 0 aromatic carbocycles. The first-order chi connectivity index (χ1) is 15.3. The van der Waals surface area contributed by atoms with Gasteiger partial charge in [0, 0.05) is 56.1 Å². The van der Waals surface area contributed by atoms with Crippen LogP contribution < -0.4 is 5.32 Å². The van der Waals surface area contributed by atoms with Crippen molar-refractivity contribution in [1.82, 2.24) is 25.1 Å². The molecule has 1 aliphatic heterocycles. The smallest absolute Gasteiger partial charge is 0.341 e. The molecule has 3 heterocycles. The summed E-state index contributed by atoms with van der Waals surface area (Å²) in [5, 5.41) is 7.75. The number of fused-ring (bicyclic) bond motifs is 1. The molecule has 0 saturated carbocycles. The van der Waals surface area contributed by atoms with Gasteiger partial charge in [0.25, 0.3) is 5.91 Å². The zero-order valence-electron chi connectivity index (χ0n) is 19.4. The summed E-state index contributed by atoms with van der Waals surface area (Å²) in [5.74, 6) is 0.0561. The Morgan fingerprint density at radius 3 is 2.69 bits per heavy atom. The molecule has 32 heavy (non-hydrogen) atoms. The number of nitrogens with zero attached hydrogens (tertiary/aromatic N) is 4. The first kappa shape index (κ1) is 23.8. The summed E-state index contributed by atoms with van der Waals surface area (Å²) in [5.41, 5.74) is 2.42. The Hall–Kier alpha value is -2.81. The molecule has 0 bridgehead atoms. The van der Waals surface area contributed by atoms with Gasteiger partial charge in [0.05, 0.1) is 17.9 Å². The second-order valence-corrected chi connectivity index (χ2v) is 8.85. The molecule has 1 N–H and O–H groups in total. The van der Waals surface area contributed by atoms with Gasteiger partial charge in [0.15, 0.2) is 0 Å². The Morgan fingerprint density at radius 1 is 1.25 bits per heavy atom. The van der Waals surface area contributed by atoms with Gasteiger partial charge in [-0.25, -0.2) is 14.8 Å². The van der Waals surface area contributed by atoms with Crippen molar-refractivity contribution in [2.45, 2.75) is 59.9 Å². The molecule has 1 aliphatic rings. The lowest BCUT2D eigenvalue weighted by Crippen LogP contribution is -2.28. The lowest BCUT2D eigenvalue weighted by Gasteiger charge is -2.23. The Morgan fingerprint density at radius 2 is 1.97 bits per heavy atom. The topological polar surface area (TPSA) is 108 Å². The number of ether oxygens (including phenoxy) is 2. The van der Waals surface area contributed by atoms with Crippen molar-refractivity contribution in [3.8, 4) is 0 Å². The van der Waals surface area contributed by atoms with Crippen LogP contribution in [0.5, 0.6) is 0 Å². The van der Waals surface area contributed by atoms with Gasteiger partial charge in [-0.05, 0) is 33.1 Å². The molecule has 2 aromatic heterocycles. The lowest BCUT2D eigenvalue weighted by molar-refractivity contribution is 0.0338. The largest absolute Gasteiger partial charge is 0.461 e. The average Bonchev–Trinajstić information content (AvgIpc) is 3.08. The maximum Gasteiger partial charge on any atom is 0.341 e. The van der Waals surface area contributed by atoms with Gasteiger partial charge in [-0.3, -0.25) is 9.48 Å². The fourth-order valence-corrected chi connectivity index (χ4v) is 3.70. The molecule has 0 saturated heterocycles. The van der Waals surface area contributed by atoms with Crippen molar-refractivity contribution in [2.24, 2.45) is 5.41 Å². The van der Waals surface area contributed by atoms with E-state index in [1.807, 2.05) is 20.8 Å². The van der Waals surface area contributed by atoms with E-state index in [9.17, 15) is 9.59 Å². The third-order valence-corrected chi connectivity index (χ3v) is 5.37. The van der Waals surface area contributed by atoms with Crippen molar-refractivity contribution in [3.63, 3.8) is 0 Å². The number of aromatic nitrogens is 4. The SMILES string of the molecule is CCn1nc(CC(C)(C)COC(=O)c2cnc(C)nc2)c2c1C(=O)NCCCOCCC2. The van der Waals surface area contributed by atoms with Crippen LogP contribution in [0.2, 0.25) is 0 Å². The number of hydrogen-bond donors (Lipinski definition) is 1. The van der Waals surface area contributed by atoms with E-state index in [-0.39, 0.29) is 17.9 Å². The lowest BCUT2D eigenvalue weighted by atomic mass is 9.86. The zero-order valence-corrected chi connectivity index (χ0v) is 19.4. The Bertz CT molecular complexity index is 937. The summed E-state index contributed by atoms with van der Waals surface area (Å²) in [4.78, 5) is 33.4. The van der Waals surface area contributed by atoms with Crippen LogP contribution in [0, 0.1) is 12.3 Å². The highest BCUT2D eigenvalue weighted by atomic mass is 16.5. The summed E-state index contributed by atoms with van der Waals surface area (Å²) in [7, 11) is 0. The summed E-state index contributed by atoms with van der Waals surface area (Å²) in [6.07, 6.45) is 5.85. The van der Waals surface area contributed by atoms with Gasteiger partial charge in [0.2, 0.25) is 0 Å². The standard InChI is InChI=1S/C23H33N5O4/c1-5-28-20-18(8-6-10-31-11-7-9-24-21(20)29)19(27-28)12-23(3,4)15-32-22(30)17-13-25-16(2)26-14-17/h13-14H,5-12,15H2,1-4H3,(H,24,29). The van der Waals surface area contributed by atoms with E-state index in [1.54, 1.807) is 11.6 Å². The molecule has 9 nitrogen and oxygen atoms in total. The van der Waals surface area contributed by atoms with Crippen molar-refractivity contribution in [1.29, 1.82) is 0 Å². The summed E-state index contributed by atoms with van der Waals surface area (Å²) in [6, 6.07) is 0. The van der Waals surface area contributed by atoms with Gasteiger partial charge >= 0.3 is 5.97 Å². The summed E-state index contributed by atoms with van der Waals surface area (Å²) < 4.78 is 13.0. The van der Waals surface area contributed by atoms with Crippen LogP contribution in [0.4, 0.5) is 0 Å². The number of amides is 1. The molecule has 2 aromatic rings. The van der Waals surface area contributed by atoms with Gasteiger partial charge in [0.1, 0.15) is 11.5 Å². The number of esters is 1. The molecular weight excluding hydrogens is 410 g/mol. The second-order valence-electron chi connectivity index (χ2n) is 8.85. The van der Waals surface area contributed by atoms with Crippen LogP contribution >= 0.6 is 0 Å². The van der Waals surface area contributed by atoms with Crippen LogP contribution in [0.1, 0.15) is 71.5 Å². The van der Waals surface area contributed by atoms with Crippen LogP contribution in [-0.4, -0.2) is 58.0 Å². The van der Waals surface area contributed by atoms with Gasteiger partial charge < -0.3 is 14.8 Å². The molecule has 0 atom stereocenters. The van der Waals surface area contributed by atoms with Crippen molar-refractivity contribution in [3.05, 3.63) is 40.7 Å². The normalized spacial score (nSPS) is 15.4. The number of carbonyl (C=O) groups is 2. The molecule has 0 unspecified atom stereocenters. The zero-order chi connectivity index (χ0) is 23.1. The number of hydrogen-bond acceptors (Lipinski definition) is 7. The van der Waals surface area contributed by atoms with E-state index in [0.717, 1.165) is 24.1 Å². The maximum atomic E-state index is 12.9. The van der Waals surface area contributed by atoms with E-state index in [4.69, 9.17) is 14.6 Å². The fraction of sp³-hybridized carbons (Fsp3) is 0.609. The van der Waals surface area contributed by atoms with E-state index < -0.39 is 5.97 Å². The van der Waals surface area contributed by atoms with Crippen LogP contribution in [0.15, 0.2) is 12.4 Å². The third-order valence-electron chi connectivity index (χ3n) is 5.37. The van der Waals surface area contributed by atoms with E-state index in [2.05, 4.69) is 15.3 Å². The molecule has 0 spiro atoms. The van der Waals surface area contributed by atoms with Crippen molar-refractivity contribution >= 4 is 11.9 Å². The van der Waals surface area contributed by atoms with E-state index in [1.165, 1.54) is 12.4 Å². The number of carbonyl (C=O) groups excluding carboxylic acids is 2. The van der Waals surface area contributed by atoms with Crippen LogP contribution in [-0.2, 0) is 28.9 Å². The second kappa shape index (κ2) is 10.7. The summed E-state index contributed by atoms with van der Waals surface area (Å²) in [6.45, 7) is 10.5. The molecule has 174 valence electrons. The molecule has 0 aliphatic carbocycles. The summed E-state index contributed by atoms with van der Waals surface area (Å²) >= 11 is 0. The van der Waals surface area contributed by atoms with E-state index in [0.29, 0.717) is 56.2 Å². The first-order valence-electron chi connectivity index (χ1n) is 11.2. The minimum absolute atomic E-state index is 0.0916. The average molecular weight is 444 g/mol. The van der Waals surface area contributed by atoms with E-state index >= 15 is 0 Å². The van der Waals surface area contributed by atoms with Crippen molar-refractivity contribution in [2.75, 3.05) is 26.4 Å². The number of rotatable bonds is 6. The molecule has 3 rings (SSSR count). The predicted octanol–water partition coefficient (Wildman–Crippen LogP) is 2.51. The quantitative estimate of drug-likeness (QED) is 0.683.